The summed E-state index contributed by atoms with van der Waals surface area (Å²) in [6, 6.07) is 2.78. The minimum Gasteiger partial charge on any atom is -0.404 e. The zero-order valence-electron chi connectivity index (χ0n) is 8.98. The van der Waals surface area contributed by atoms with Crippen LogP contribution in [-0.2, 0) is 6.54 Å². The van der Waals surface area contributed by atoms with Gasteiger partial charge in [0.25, 0.3) is 0 Å². The highest BCUT2D eigenvalue weighted by molar-refractivity contribution is 5.17. The summed E-state index contributed by atoms with van der Waals surface area (Å²) in [6.07, 6.45) is 0.855. The van der Waals surface area contributed by atoms with Gasteiger partial charge in [0.15, 0.2) is 0 Å². The molecule has 0 aliphatic rings. The molecule has 0 aliphatic carbocycles. The average Bonchev–Trinajstić information content (AvgIpc) is 2.87. The Kier molecular flexibility index (Phi) is 2.88. The van der Waals surface area contributed by atoms with Gasteiger partial charge < -0.3 is 9.52 Å². The zero-order valence-corrected chi connectivity index (χ0v) is 8.98. The summed E-state index contributed by atoms with van der Waals surface area (Å²) in [6.45, 7) is 1.81. The van der Waals surface area contributed by atoms with Gasteiger partial charge in [-0.3, -0.25) is 10.1 Å². The Morgan fingerprint density at radius 1 is 1.65 bits per heavy atom. The van der Waals surface area contributed by atoms with Crippen LogP contribution in [-0.4, -0.2) is 25.0 Å². The number of nitrogens with zero attached hydrogens (tertiary/aromatic N) is 4. The van der Waals surface area contributed by atoms with E-state index in [-0.39, 0.29) is 12.4 Å². The molecule has 1 N–H and O–H groups in total. The standard InChI is InChI=1S/C9H10N4O4/c1-6(14)8-5-12(11-10-8)4-7-2-3-9(17-7)13(15)16/h2-3,5-6,14H,4H2,1H3. The molecule has 0 aromatic carbocycles. The van der Waals surface area contributed by atoms with E-state index in [0.29, 0.717) is 11.5 Å². The second kappa shape index (κ2) is 4.34. The second-order valence-electron chi connectivity index (χ2n) is 3.51. The molecule has 0 radical (unpaired) electrons. The molecular formula is C9H10N4O4. The van der Waals surface area contributed by atoms with Crippen molar-refractivity contribution < 1.29 is 14.4 Å². The van der Waals surface area contributed by atoms with Crippen LogP contribution < -0.4 is 0 Å². The molecule has 2 rings (SSSR count). The van der Waals surface area contributed by atoms with Gasteiger partial charge in [0.2, 0.25) is 0 Å². The largest absolute Gasteiger partial charge is 0.433 e. The summed E-state index contributed by atoms with van der Waals surface area (Å²) < 4.78 is 6.40. The van der Waals surface area contributed by atoms with Crippen molar-refractivity contribution in [2.45, 2.75) is 19.6 Å². The van der Waals surface area contributed by atoms with Crippen molar-refractivity contribution in [2.24, 2.45) is 0 Å². The Labute approximate surface area is 95.6 Å². The maximum atomic E-state index is 10.4. The first-order valence-electron chi connectivity index (χ1n) is 4.87. The minimum atomic E-state index is -0.699. The molecular weight excluding hydrogens is 228 g/mol. The molecule has 2 heterocycles. The molecule has 1 atom stereocenters. The lowest BCUT2D eigenvalue weighted by atomic mass is 10.3. The van der Waals surface area contributed by atoms with Crippen LogP contribution in [0.4, 0.5) is 5.88 Å². The van der Waals surface area contributed by atoms with Crippen LogP contribution in [0.15, 0.2) is 22.7 Å². The summed E-state index contributed by atoms with van der Waals surface area (Å²) in [4.78, 5) is 9.80. The Bertz CT molecular complexity index is 531. The summed E-state index contributed by atoms with van der Waals surface area (Å²) in [5.41, 5.74) is 0.436. The van der Waals surface area contributed by atoms with Crippen molar-refractivity contribution in [3.8, 4) is 0 Å². The van der Waals surface area contributed by atoms with Crippen molar-refractivity contribution in [1.29, 1.82) is 0 Å². The Morgan fingerprint density at radius 3 is 2.94 bits per heavy atom. The number of nitro groups is 1. The first-order valence-corrected chi connectivity index (χ1v) is 4.87. The number of aliphatic hydroxyl groups is 1. The number of hydrogen-bond donors (Lipinski definition) is 1. The van der Waals surface area contributed by atoms with Crippen molar-refractivity contribution in [3.05, 3.63) is 39.9 Å². The lowest BCUT2D eigenvalue weighted by molar-refractivity contribution is -0.402. The molecule has 0 saturated heterocycles. The molecule has 8 nitrogen and oxygen atoms in total. The predicted molar refractivity (Wildman–Crippen MR) is 55.1 cm³/mol. The first-order chi connectivity index (χ1) is 8.06. The third-order valence-electron chi connectivity index (χ3n) is 2.13. The van der Waals surface area contributed by atoms with Crippen LogP contribution in [0.25, 0.3) is 0 Å². The predicted octanol–water partition coefficient (Wildman–Crippen LogP) is 0.881. The normalized spacial score (nSPS) is 12.6. The molecule has 0 spiro atoms. The average molecular weight is 238 g/mol. The highest BCUT2D eigenvalue weighted by Gasteiger charge is 2.13. The van der Waals surface area contributed by atoms with Gasteiger partial charge in [-0.05, 0) is 13.0 Å². The van der Waals surface area contributed by atoms with Gasteiger partial charge >= 0.3 is 5.88 Å². The monoisotopic (exact) mass is 238 g/mol. The SMILES string of the molecule is CC(O)c1cn(Cc2ccc([N+](=O)[O-])o2)nn1. The van der Waals surface area contributed by atoms with Crippen LogP contribution in [0.1, 0.15) is 24.5 Å². The third-order valence-corrected chi connectivity index (χ3v) is 2.13. The molecule has 8 heteroatoms. The van der Waals surface area contributed by atoms with Crippen molar-refractivity contribution in [2.75, 3.05) is 0 Å². The summed E-state index contributed by atoms with van der Waals surface area (Å²) in [7, 11) is 0. The number of furan rings is 1. The van der Waals surface area contributed by atoms with Gasteiger partial charge in [0.1, 0.15) is 22.9 Å². The van der Waals surface area contributed by atoms with Crippen LogP contribution in [0.3, 0.4) is 0 Å². The molecule has 0 bridgehead atoms. The third kappa shape index (κ3) is 2.48. The fraction of sp³-hybridized carbons (Fsp3) is 0.333. The molecule has 0 saturated carbocycles. The van der Waals surface area contributed by atoms with E-state index in [2.05, 4.69) is 10.3 Å². The highest BCUT2D eigenvalue weighted by Crippen LogP contribution is 2.16. The summed E-state index contributed by atoms with van der Waals surface area (Å²) in [5, 5.41) is 27.2. The lowest BCUT2D eigenvalue weighted by Gasteiger charge is -1.96. The Morgan fingerprint density at radius 2 is 2.41 bits per heavy atom. The van der Waals surface area contributed by atoms with E-state index >= 15 is 0 Å². The molecule has 2 aromatic rings. The van der Waals surface area contributed by atoms with Gasteiger partial charge in [-0.25, -0.2) is 4.68 Å². The van der Waals surface area contributed by atoms with Gasteiger partial charge in [0.05, 0.1) is 18.4 Å². The van der Waals surface area contributed by atoms with E-state index < -0.39 is 11.0 Å². The van der Waals surface area contributed by atoms with Crippen LogP contribution in [0, 0.1) is 10.1 Å². The molecule has 1 unspecified atom stereocenters. The van der Waals surface area contributed by atoms with E-state index in [9.17, 15) is 15.2 Å². The second-order valence-corrected chi connectivity index (χ2v) is 3.51. The van der Waals surface area contributed by atoms with Crippen molar-refractivity contribution in [3.63, 3.8) is 0 Å². The van der Waals surface area contributed by atoms with Gasteiger partial charge in [-0.15, -0.1) is 5.10 Å². The Hall–Kier alpha value is -2.22. The maximum Gasteiger partial charge on any atom is 0.433 e. The van der Waals surface area contributed by atoms with Crippen molar-refractivity contribution >= 4 is 5.88 Å². The quantitative estimate of drug-likeness (QED) is 0.625. The summed E-state index contributed by atoms with van der Waals surface area (Å²) in [5.74, 6) is 0.0922. The van der Waals surface area contributed by atoms with E-state index in [1.54, 1.807) is 13.1 Å². The van der Waals surface area contributed by atoms with E-state index in [1.165, 1.54) is 16.8 Å². The van der Waals surface area contributed by atoms with E-state index in [4.69, 9.17) is 4.42 Å². The molecule has 0 amide bonds. The number of hydrogen-bond acceptors (Lipinski definition) is 6. The fourth-order valence-electron chi connectivity index (χ4n) is 1.29. The molecule has 90 valence electrons. The maximum absolute atomic E-state index is 10.4. The Balaban J connectivity index is 2.11. The van der Waals surface area contributed by atoms with Crippen molar-refractivity contribution in [1.82, 2.24) is 15.0 Å². The van der Waals surface area contributed by atoms with Gasteiger partial charge in [-0.1, -0.05) is 5.21 Å². The van der Waals surface area contributed by atoms with Crippen LogP contribution in [0.2, 0.25) is 0 Å². The molecule has 17 heavy (non-hydrogen) atoms. The van der Waals surface area contributed by atoms with Crippen LogP contribution >= 0.6 is 0 Å². The molecule has 2 aromatic heterocycles. The molecule has 0 fully saturated rings. The zero-order chi connectivity index (χ0) is 12.4. The fourth-order valence-corrected chi connectivity index (χ4v) is 1.29. The van der Waals surface area contributed by atoms with Gasteiger partial charge in [0, 0.05) is 0 Å². The first kappa shape index (κ1) is 11.3. The number of aliphatic hydroxyl groups excluding tert-OH is 1. The van der Waals surface area contributed by atoms with E-state index in [1.807, 2.05) is 0 Å². The van der Waals surface area contributed by atoms with E-state index in [0.717, 1.165) is 0 Å². The van der Waals surface area contributed by atoms with Crippen LogP contribution in [0.5, 0.6) is 0 Å². The number of aromatic nitrogens is 3. The lowest BCUT2D eigenvalue weighted by Crippen LogP contribution is -1.99. The highest BCUT2D eigenvalue weighted by atomic mass is 16.6. The van der Waals surface area contributed by atoms with Gasteiger partial charge in [-0.2, -0.15) is 0 Å². The minimum absolute atomic E-state index is 0.230. The topological polar surface area (TPSA) is 107 Å². The molecule has 0 aliphatic heterocycles. The smallest absolute Gasteiger partial charge is 0.404 e. The number of rotatable bonds is 4. The summed E-state index contributed by atoms with van der Waals surface area (Å²) >= 11 is 0.